The van der Waals surface area contributed by atoms with Crippen molar-refractivity contribution < 1.29 is 28.2 Å². The summed E-state index contributed by atoms with van der Waals surface area (Å²) in [5, 5.41) is 12.5. The van der Waals surface area contributed by atoms with E-state index in [1.54, 1.807) is 0 Å². The Kier molecular flexibility index (Phi) is 10.1. The highest BCUT2D eigenvalue weighted by molar-refractivity contribution is 6.01. The van der Waals surface area contributed by atoms with E-state index in [-0.39, 0.29) is 23.9 Å². The molecule has 0 radical (unpaired) electrons. The Hall–Kier alpha value is -4.36. The molecule has 0 aliphatic rings. The highest BCUT2D eigenvalue weighted by Crippen LogP contribution is 2.27. The van der Waals surface area contributed by atoms with Gasteiger partial charge in [-0.15, -0.1) is 0 Å². The number of carboxylic acid groups (broad SMARTS) is 1. The summed E-state index contributed by atoms with van der Waals surface area (Å²) < 4.78 is 29.4. The normalized spacial score (nSPS) is 11.8. The molecule has 0 amide bonds. The average molecular weight is 544 g/mol. The van der Waals surface area contributed by atoms with Crippen LogP contribution in [0.3, 0.4) is 0 Å². The number of carbonyl (C=O) groups is 2. The lowest BCUT2D eigenvalue weighted by atomic mass is 9.88. The molecule has 1 unspecified atom stereocenters. The third-order valence-corrected chi connectivity index (χ3v) is 6.71. The first-order valence-electron chi connectivity index (χ1n) is 13.1. The van der Waals surface area contributed by atoms with E-state index >= 15 is 0 Å². The molecule has 40 heavy (non-hydrogen) atoms. The van der Waals surface area contributed by atoms with Crippen LogP contribution in [0.2, 0.25) is 0 Å². The van der Waals surface area contributed by atoms with Gasteiger partial charge in [0.2, 0.25) is 0 Å². The average Bonchev–Trinajstić information content (AvgIpc) is 2.97. The van der Waals surface area contributed by atoms with Gasteiger partial charge in [-0.3, -0.25) is 9.59 Å². The van der Waals surface area contributed by atoms with Crippen LogP contribution < -0.4 is 10.1 Å². The second kappa shape index (κ2) is 14.1. The summed E-state index contributed by atoms with van der Waals surface area (Å²) >= 11 is 0. The third-order valence-electron chi connectivity index (χ3n) is 6.71. The smallest absolute Gasteiger partial charge is 0.387 e. The quantitative estimate of drug-likeness (QED) is 0.131. The lowest BCUT2D eigenvalue weighted by Crippen LogP contribution is -2.21. The summed E-state index contributed by atoms with van der Waals surface area (Å²) in [6.07, 6.45) is 1.13. The third kappa shape index (κ3) is 8.07. The summed E-state index contributed by atoms with van der Waals surface area (Å²) in [6.45, 7) is -1.70. The molecule has 5 nitrogen and oxygen atoms in total. The van der Waals surface area contributed by atoms with Crippen LogP contribution in [0.25, 0.3) is 11.1 Å². The Bertz CT molecular complexity index is 1390. The number of nitrogens with one attached hydrogen (secondary N) is 1. The molecule has 0 bridgehead atoms. The van der Waals surface area contributed by atoms with E-state index in [1.807, 2.05) is 78.9 Å². The number of ether oxygens (including phenoxy) is 1. The van der Waals surface area contributed by atoms with E-state index in [9.17, 15) is 18.4 Å². The van der Waals surface area contributed by atoms with Crippen molar-refractivity contribution in [3.05, 3.63) is 125 Å². The Morgan fingerprint density at radius 3 is 2.17 bits per heavy atom. The first-order chi connectivity index (χ1) is 19.4. The van der Waals surface area contributed by atoms with Gasteiger partial charge in [-0.2, -0.15) is 8.78 Å². The molecule has 4 aromatic carbocycles. The minimum absolute atomic E-state index is 0.0132. The first-order valence-corrected chi connectivity index (χ1v) is 13.1. The fraction of sp³-hybridized carbons (Fsp3) is 0.212. The lowest BCUT2D eigenvalue weighted by Gasteiger charge is -2.17. The number of hydrogen-bond donors (Lipinski definition) is 2. The maximum Gasteiger partial charge on any atom is 0.387 e. The number of carboxylic acids is 1. The van der Waals surface area contributed by atoms with Gasteiger partial charge < -0.3 is 15.2 Å². The maximum absolute atomic E-state index is 13.4. The van der Waals surface area contributed by atoms with Crippen LogP contribution >= 0.6 is 0 Å². The van der Waals surface area contributed by atoms with Gasteiger partial charge in [0.15, 0.2) is 5.78 Å². The van der Waals surface area contributed by atoms with Crippen LogP contribution in [-0.2, 0) is 17.8 Å². The van der Waals surface area contributed by atoms with Crippen molar-refractivity contribution in [2.45, 2.75) is 38.3 Å². The number of aliphatic carboxylic acids is 1. The number of benzene rings is 4. The molecule has 0 heterocycles. The van der Waals surface area contributed by atoms with Crippen molar-refractivity contribution in [1.82, 2.24) is 5.32 Å². The fourth-order valence-corrected chi connectivity index (χ4v) is 4.68. The van der Waals surface area contributed by atoms with Gasteiger partial charge in [0.1, 0.15) is 5.75 Å². The zero-order chi connectivity index (χ0) is 28.3. The van der Waals surface area contributed by atoms with Gasteiger partial charge in [0.05, 0.1) is 0 Å². The van der Waals surface area contributed by atoms with Crippen LogP contribution in [0.4, 0.5) is 8.78 Å². The molecule has 206 valence electrons. The molecule has 0 aliphatic carbocycles. The van der Waals surface area contributed by atoms with E-state index in [0.717, 1.165) is 27.8 Å². The van der Waals surface area contributed by atoms with Gasteiger partial charge in [0, 0.05) is 24.4 Å². The Morgan fingerprint density at radius 2 is 1.50 bits per heavy atom. The van der Waals surface area contributed by atoms with E-state index < -0.39 is 12.6 Å². The molecule has 1 atom stereocenters. The molecule has 0 saturated carbocycles. The largest absolute Gasteiger partial charge is 0.481 e. The summed E-state index contributed by atoms with van der Waals surface area (Å²) in [6, 6.07) is 31.3. The number of rotatable bonds is 14. The van der Waals surface area contributed by atoms with Crippen LogP contribution in [0, 0.1) is 0 Å². The summed E-state index contributed by atoms with van der Waals surface area (Å²) in [4.78, 5) is 24.4. The van der Waals surface area contributed by atoms with Crippen LogP contribution in [0.15, 0.2) is 103 Å². The minimum atomic E-state index is -2.92. The monoisotopic (exact) mass is 543 g/mol. The zero-order valence-electron chi connectivity index (χ0n) is 21.9. The van der Waals surface area contributed by atoms with Crippen molar-refractivity contribution >= 4 is 11.8 Å². The SMILES string of the molecule is O=C(O)CCc1ccccc1-c1ccc(CNCCC(C(=O)c2ccc(OC(F)F)cc2)c2ccccc2)cc1. The van der Waals surface area contributed by atoms with Crippen molar-refractivity contribution in [2.24, 2.45) is 0 Å². The second-order valence-electron chi connectivity index (χ2n) is 9.44. The van der Waals surface area contributed by atoms with E-state index in [0.29, 0.717) is 31.5 Å². The zero-order valence-corrected chi connectivity index (χ0v) is 21.9. The number of halogens is 2. The van der Waals surface area contributed by atoms with Crippen molar-refractivity contribution in [1.29, 1.82) is 0 Å². The standard InChI is InChI=1S/C33H31F2NO4/c34-33(35)40-28-17-14-27(15-18-28)32(39)30(24-6-2-1-3-7-24)20-21-36-22-23-10-12-26(13-11-23)29-9-5-4-8-25(29)16-19-31(37)38/h1-15,17-18,30,33,36H,16,19-22H2,(H,37,38). The minimum Gasteiger partial charge on any atom is -0.481 e. The predicted molar refractivity (Wildman–Crippen MR) is 151 cm³/mol. The first kappa shape index (κ1) is 28.6. The van der Waals surface area contributed by atoms with Crippen molar-refractivity contribution in [3.63, 3.8) is 0 Å². The lowest BCUT2D eigenvalue weighted by molar-refractivity contribution is -0.136. The summed E-state index contributed by atoms with van der Waals surface area (Å²) in [5.74, 6) is -1.27. The molecule has 7 heteroatoms. The number of carbonyl (C=O) groups excluding carboxylic acids is 1. The van der Waals surface area contributed by atoms with E-state index in [2.05, 4.69) is 10.1 Å². The molecular weight excluding hydrogens is 512 g/mol. The number of ketones is 1. The van der Waals surface area contributed by atoms with Gasteiger partial charge in [-0.1, -0.05) is 78.9 Å². The second-order valence-corrected chi connectivity index (χ2v) is 9.44. The molecule has 0 aromatic heterocycles. The number of Topliss-reactive ketones (excluding diaryl/α,β-unsaturated/α-hetero) is 1. The molecule has 0 saturated heterocycles. The Morgan fingerprint density at radius 1 is 0.825 bits per heavy atom. The number of hydrogen-bond acceptors (Lipinski definition) is 4. The van der Waals surface area contributed by atoms with Gasteiger partial charge in [-0.05, 0) is 71.5 Å². The van der Waals surface area contributed by atoms with Gasteiger partial charge >= 0.3 is 12.6 Å². The van der Waals surface area contributed by atoms with E-state index in [4.69, 9.17) is 5.11 Å². The summed E-state index contributed by atoms with van der Waals surface area (Å²) in [5.41, 5.74) is 5.49. The molecule has 4 rings (SSSR count). The van der Waals surface area contributed by atoms with Crippen LogP contribution in [0.5, 0.6) is 5.75 Å². The Balaban J connectivity index is 1.37. The van der Waals surface area contributed by atoms with Gasteiger partial charge in [0.25, 0.3) is 0 Å². The predicted octanol–water partition coefficient (Wildman–Crippen LogP) is 7.12. The highest BCUT2D eigenvalue weighted by Gasteiger charge is 2.22. The summed E-state index contributed by atoms with van der Waals surface area (Å²) in [7, 11) is 0. The van der Waals surface area contributed by atoms with E-state index in [1.165, 1.54) is 24.3 Å². The number of aryl methyl sites for hydroxylation is 1. The molecule has 0 spiro atoms. The molecule has 4 aromatic rings. The molecule has 0 aliphatic heterocycles. The highest BCUT2D eigenvalue weighted by atomic mass is 19.3. The van der Waals surface area contributed by atoms with Crippen LogP contribution in [0.1, 0.15) is 45.8 Å². The molecule has 2 N–H and O–H groups in total. The topological polar surface area (TPSA) is 75.6 Å². The fourth-order valence-electron chi connectivity index (χ4n) is 4.68. The Labute approximate surface area is 232 Å². The number of alkyl halides is 2. The molecular formula is C33H31F2NO4. The van der Waals surface area contributed by atoms with Crippen molar-refractivity contribution in [2.75, 3.05) is 6.54 Å². The molecule has 0 fully saturated rings. The van der Waals surface area contributed by atoms with Gasteiger partial charge in [-0.25, -0.2) is 0 Å². The maximum atomic E-state index is 13.4. The van der Waals surface area contributed by atoms with Crippen LogP contribution in [-0.4, -0.2) is 30.0 Å². The van der Waals surface area contributed by atoms with Crippen molar-refractivity contribution in [3.8, 4) is 16.9 Å².